The Kier molecular flexibility index (Phi) is 4.38. The van der Waals surface area contributed by atoms with Crippen LogP contribution in [0.4, 0.5) is 11.8 Å². The van der Waals surface area contributed by atoms with Crippen molar-refractivity contribution in [1.29, 1.82) is 0 Å². The molecule has 0 atom stereocenters. The Morgan fingerprint density at radius 2 is 1.68 bits per heavy atom. The highest BCUT2D eigenvalue weighted by molar-refractivity contribution is 5.94. The van der Waals surface area contributed by atoms with E-state index in [0.717, 1.165) is 11.1 Å². The number of hydrogen-bond acceptors (Lipinski definition) is 6. The summed E-state index contributed by atoms with van der Waals surface area (Å²) in [5.74, 6) is 1.55. The molecule has 0 aliphatic carbocycles. The van der Waals surface area contributed by atoms with E-state index in [0.29, 0.717) is 28.2 Å². The molecule has 0 unspecified atom stereocenters. The maximum atomic E-state index is 11.2. The van der Waals surface area contributed by atoms with Gasteiger partial charge in [-0.2, -0.15) is 4.98 Å². The molecule has 25 heavy (non-hydrogen) atoms. The van der Waals surface area contributed by atoms with Crippen LogP contribution < -0.4 is 20.5 Å². The molecule has 128 valence electrons. The Balaban J connectivity index is 2.07. The second-order valence-corrected chi connectivity index (χ2v) is 5.42. The number of nitrogens with zero attached hydrogens (tertiary/aromatic N) is 2. The molecule has 1 heterocycles. The van der Waals surface area contributed by atoms with Gasteiger partial charge in [-0.25, -0.2) is 4.98 Å². The topological polar surface area (TPSA) is 99.4 Å². The van der Waals surface area contributed by atoms with E-state index in [4.69, 9.17) is 15.2 Å². The van der Waals surface area contributed by atoms with E-state index < -0.39 is 0 Å². The zero-order valence-corrected chi connectivity index (χ0v) is 14.2. The fourth-order valence-electron chi connectivity index (χ4n) is 2.56. The van der Waals surface area contributed by atoms with Crippen molar-refractivity contribution in [3.05, 3.63) is 36.4 Å². The standard InChI is InChI=1S/C18H18N4O3/c1-10(23)20-18-21-14-6-4-11(8-13(14)17(19)22-18)12-5-7-15(24-2)16(9-12)25-3/h4-9H,1-3H3,(H3,19,20,21,22,23). The smallest absolute Gasteiger partial charge is 0.231 e. The first kappa shape index (κ1) is 16.5. The minimum absolute atomic E-state index is 0.191. The Labute approximate surface area is 144 Å². The number of nitrogen functional groups attached to an aromatic ring is 1. The predicted molar refractivity (Wildman–Crippen MR) is 96.8 cm³/mol. The number of carbonyl (C=O) groups excluding carboxylic acids is 1. The van der Waals surface area contributed by atoms with Gasteiger partial charge in [0.15, 0.2) is 11.5 Å². The first-order chi connectivity index (χ1) is 12.0. The molecule has 3 aromatic rings. The molecule has 7 nitrogen and oxygen atoms in total. The predicted octanol–water partition coefficient (Wildman–Crippen LogP) is 2.85. The van der Waals surface area contributed by atoms with Crippen molar-refractivity contribution >= 4 is 28.6 Å². The Morgan fingerprint density at radius 3 is 2.36 bits per heavy atom. The quantitative estimate of drug-likeness (QED) is 0.759. The second kappa shape index (κ2) is 6.64. The molecule has 2 aromatic carbocycles. The lowest BCUT2D eigenvalue weighted by atomic mass is 10.0. The van der Waals surface area contributed by atoms with Crippen molar-refractivity contribution in [3.63, 3.8) is 0 Å². The van der Waals surface area contributed by atoms with Crippen molar-refractivity contribution in [2.45, 2.75) is 6.92 Å². The summed E-state index contributed by atoms with van der Waals surface area (Å²) in [6.07, 6.45) is 0. The third kappa shape index (κ3) is 3.30. The highest BCUT2D eigenvalue weighted by Crippen LogP contribution is 2.34. The number of anilines is 2. The van der Waals surface area contributed by atoms with Gasteiger partial charge in [0, 0.05) is 12.3 Å². The van der Waals surface area contributed by atoms with Crippen LogP contribution in [0.25, 0.3) is 22.0 Å². The van der Waals surface area contributed by atoms with Gasteiger partial charge in [-0.1, -0.05) is 12.1 Å². The Bertz CT molecular complexity index is 956. The fourth-order valence-corrected chi connectivity index (χ4v) is 2.56. The molecule has 0 radical (unpaired) electrons. The molecule has 3 N–H and O–H groups in total. The lowest BCUT2D eigenvalue weighted by Crippen LogP contribution is -2.10. The van der Waals surface area contributed by atoms with Crippen molar-refractivity contribution < 1.29 is 14.3 Å². The maximum absolute atomic E-state index is 11.2. The highest BCUT2D eigenvalue weighted by Gasteiger charge is 2.10. The number of ether oxygens (including phenoxy) is 2. The van der Waals surface area contributed by atoms with Gasteiger partial charge in [0.25, 0.3) is 0 Å². The summed E-state index contributed by atoms with van der Waals surface area (Å²) in [6.45, 7) is 1.39. The van der Waals surface area contributed by atoms with Gasteiger partial charge in [-0.15, -0.1) is 0 Å². The lowest BCUT2D eigenvalue weighted by molar-refractivity contribution is -0.114. The number of amides is 1. The number of rotatable bonds is 4. The molecule has 0 aliphatic heterocycles. The largest absolute Gasteiger partial charge is 0.493 e. The molecule has 0 fully saturated rings. The van der Waals surface area contributed by atoms with E-state index in [2.05, 4.69) is 15.3 Å². The van der Waals surface area contributed by atoms with Crippen LogP contribution in [0.1, 0.15) is 6.92 Å². The molecule has 0 saturated carbocycles. The third-order valence-corrected chi connectivity index (χ3v) is 3.73. The van der Waals surface area contributed by atoms with Gasteiger partial charge in [-0.05, 0) is 35.4 Å². The summed E-state index contributed by atoms with van der Waals surface area (Å²) >= 11 is 0. The zero-order chi connectivity index (χ0) is 18.0. The van der Waals surface area contributed by atoms with Crippen LogP contribution in [0.5, 0.6) is 11.5 Å². The van der Waals surface area contributed by atoms with Crippen LogP contribution in [0.15, 0.2) is 36.4 Å². The van der Waals surface area contributed by atoms with Crippen LogP contribution in [0.3, 0.4) is 0 Å². The first-order valence-corrected chi connectivity index (χ1v) is 7.59. The molecule has 0 saturated heterocycles. The average Bonchev–Trinajstić information content (AvgIpc) is 2.60. The normalized spacial score (nSPS) is 10.5. The average molecular weight is 338 g/mol. The molecule has 0 aliphatic rings. The van der Waals surface area contributed by atoms with E-state index in [1.54, 1.807) is 14.2 Å². The number of methoxy groups -OCH3 is 2. The number of hydrogen-bond donors (Lipinski definition) is 2. The van der Waals surface area contributed by atoms with E-state index in [-0.39, 0.29) is 11.9 Å². The van der Waals surface area contributed by atoms with Crippen molar-refractivity contribution in [2.24, 2.45) is 0 Å². The molecular formula is C18H18N4O3. The van der Waals surface area contributed by atoms with Crippen LogP contribution in [0, 0.1) is 0 Å². The van der Waals surface area contributed by atoms with Gasteiger partial charge in [0.2, 0.25) is 11.9 Å². The minimum atomic E-state index is -0.249. The van der Waals surface area contributed by atoms with Gasteiger partial charge in [-0.3, -0.25) is 10.1 Å². The summed E-state index contributed by atoms with van der Waals surface area (Å²) in [5.41, 5.74) is 8.58. The van der Waals surface area contributed by atoms with Crippen LogP contribution in [-0.2, 0) is 4.79 Å². The summed E-state index contributed by atoms with van der Waals surface area (Å²) in [6, 6.07) is 11.3. The second-order valence-electron chi connectivity index (χ2n) is 5.42. The van der Waals surface area contributed by atoms with Crippen molar-refractivity contribution in [1.82, 2.24) is 9.97 Å². The number of fused-ring (bicyclic) bond motifs is 1. The molecule has 1 aromatic heterocycles. The fraction of sp³-hybridized carbons (Fsp3) is 0.167. The SMILES string of the molecule is COc1ccc(-c2ccc3nc(NC(C)=O)nc(N)c3c2)cc1OC. The maximum Gasteiger partial charge on any atom is 0.231 e. The molecule has 1 amide bonds. The zero-order valence-electron chi connectivity index (χ0n) is 14.2. The molecular weight excluding hydrogens is 320 g/mol. The number of carbonyl (C=O) groups is 1. The van der Waals surface area contributed by atoms with Crippen molar-refractivity contribution in [3.8, 4) is 22.6 Å². The van der Waals surface area contributed by atoms with Gasteiger partial charge < -0.3 is 15.2 Å². The number of nitrogens with one attached hydrogen (secondary N) is 1. The van der Waals surface area contributed by atoms with E-state index >= 15 is 0 Å². The molecule has 0 bridgehead atoms. The minimum Gasteiger partial charge on any atom is -0.493 e. The van der Waals surface area contributed by atoms with E-state index in [1.807, 2.05) is 36.4 Å². The monoisotopic (exact) mass is 338 g/mol. The number of benzene rings is 2. The third-order valence-electron chi connectivity index (χ3n) is 3.73. The lowest BCUT2D eigenvalue weighted by Gasteiger charge is -2.11. The van der Waals surface area contributed by atoms with Gasteiger partial charge in [0.1, 0.15) is 5.82 Å². The van der Waals surface area contributed by atoms with Gasteiger partial charge in [0.05, 0.1) is 19.7 Å². The van der Waals surface area contributed by atoms with Crippen LogP contribution in [-0.4, -0.2) is 30.1 Å². The van der Waals surface area contributed by atoms with Crippen LogP contribution >= 0.6 is 0 Å². The van der Waals surface area contributed by atoms with E-state index in [9.17, 15) is 4.79 Å². The molecule has 3 rings (SSSR count). The summed E-state index contributed by atoms with van der Waals surface area (Å²) < 4.78 is 10.6. The highest BCUT2D eigenvalue weighted by atomic mass is 16.5. The molecule has 0 spiro atoms. The Morgan fingerprint density at radius 1 is 1.00 bits per heavy atom. The number of aromatic nitrogens is 2. The number of nitrogens with two attached hydrogens (primary N) is 1. The first-order valence-electron chi connectivity index (χ1n) is 7.59. The van der Waals surface area contributed by atoms with Crippen molar-refractivity contribution in [2.75, 3.05) is 25.3 Å². The van der Waals surface area contributed by atoms with Crippen LogP contribution in [0.2, 0.25) is 0 Å². The van der Waals surface area contributed by atoms with E-state index in [1.165, 1.54) is 6.92 Å². The molecule has 7 heteroatoms. The summed E-state index contributed by atoms with van der Waals surface area (Å²) in [4.78, 5) is 19.6. The van der Waals surface area contributed by atoms with Gasteiger partial charge >= 0.3 is 0 Å². The Hall–Kier alpha value is -3.35. The summed E-state index contributed by atoms with van der Waals surface area (Å²) in [7, 11) is 3.19. The summed E-state index contributed by atoms with van der Waals surface area (Å²) in [5, 5.41) is 3.25.